The van der Waals surface area contributed by atoms with E-state index in [4.69, 9.17) is 18.8 Å². The Morgan fingerprint density at radius 2 is 1.81 bits per heavy atom. The van der Waals surface area contributed by atoms with Crippen molar-refractivity contribution < 1.29 is 32.0 Å². The van der Waals surface area contributed by atoms with E-state index in [-0.39, 0.29) is 29.6 Å². The number of carbonyl (C=O) groups excluding carboxylic acids is 1. The van der Waals surface area contributed by atoms with Crippen LogP contribution in [0.5, 0.6) is 5.75 Å². The van der Waals surface area contributed by atoms with Crippen LogP contribution in [0.1, 0.15) is 6.92 Å². The van der Waals surface area contributed by atoms with E-state index in [9.17, 15) is 13.2 Å². The van der Waals surface area contributed by atoms with Gasteiger partial charge in [-0.05, 0) is 19.1 Å². The van der Waals surface area contributed by atoms with E-state index in [0.29, 0.717) is 19.8 Å². The Morgan fingerprint density at radius 1 is 1.14 bits per heavy atom. The standard InChI is InChI=1S/C13H18O7S/c1-2-18-7-8-19-9-11(14)10-20-12-5-3-4-6-13(12)21(15,16)17/h3-6H,2,7-10H2,1H3,(H,15,16,17). The molecule has 8 heteroatoms. The zero-order valence-electron chi connectivity index (χ0n) is 11.6. The van der Waals surface area contributed by atoms with Gasteiger partial charge in [-0.15, -0.1) is 0 Å². The quantitative estimate of drug-likeness (QED) is 0.506. The number of rotatable bonds is 10. The lowest BCUT2D eigenvalue weighted by Crippen LogP contribution is -2.19. The van der Waals surface area contributed by atoms with E-state index >= 15 is 0 Å². The van der Waals surface area contributed by atoms with E-state index < -0.39 is 10.1 Å². The first-order chi connectivity index (χ1) is 9.95. The second-order valence-electron chi connectivity index (χ2n) is 4.00. The Balaban J connectivity index is 2.44. The van der Waals surface area contributed by atoms with Crippen molar-refractivity contribution in [2.24, 2.45) is 0 Å². The van der Waals surface area contributed by atoms with E-state index in [0.717, 1.165) is 0 Å². The average molecular weight is 318 g/mol. The molecular formula is C13H18O7S. The molecule has 0 spiro atoms. The van der Waals surface area contributed by atoms with Crippen molar-refractivity contribution in [2.75, 3.05) is 33.0 Å². The summed E-state index contributed by atoms with van der Waals surface area (Å²) in [5, 5.41) is 0. The zero-order valence-corrected chi connectivity index (χ0v) is 12.5. The van der Waals surface area contributed by atoms with E-state index in [1.54, 1.807) is 0 Å². The fourth-order valence-electron chi connectivity index (χ4n) is 1.43. The molecule has 0 aliphatic rings. The van der Waals surface area contributed by atoms with Gasteiger partial charge in [0, 0.05) is 6.61 Å². The first kappa shape index (κ1) is 17.6. The molecule has 0 radical (unpaired) electrons. The third kappa shape index (κ3) is 6.67. The lowest BCUT2D eigenvalue weighted by Gasteiger charge is -2.09. The molecule has 0 bridgehead atoms. The molecule has 0 fully saturated rings. The summed E-state index contributed by atoms with van der Waals surface area (Å²) in [7, 11) is -4.39. The van der Waals surface area contributed by atoms with Gasteiger partial charge in [-0.2, -0.15) is 8.42 Å². The average Bonchev–Trinajstić information content (AvgIpc) is 2.44. The zero-order chi connectivity index (χ0) is 15.7. The SMILES string of the molecule is CCOCCOCC(=O)COc1ccccc1S(=O)(=O)O. The second-order valence-corrected chi connectivity index (χ2v) is 5.39. The molecule has 0 saturated carbocycles. The van der Waals surface area contributed by atoms with Crippen molar-refractivity contribution in [3.63, 3.8) is 0 Å². The summed E-state index contributed by atoms with van der Waals surface area (Å²) >= 11 is 0. The maximum atomic E-state index is 11.5. The highest BCUT2D eigenvalue weighted by Crippen LogP contribution is 2.22. The molecule has 0 aliphatic carbocycles. The summed E-state index contributed by atoms with van der Waals surface area (Å²) in [6.07, 6.45) is 0. The molecule has 21 heavy (non-hydrogen) atoms. The van der Waals surface area contributed by atoms with Gasteiger partial charge in [-0.25, -0.2) is 0 Å². The Morgan fingerprint density at radius 3 is 2.48 bits per heavy atom. The summed E-state index contributed by atoms with van der Waals surface area (Å²) in [5.74, 6) is -0.431. The lowest BCUT2D eigenvalue weighted by atomic mass is 10.3. The normalized spacial score (nSPS) is 11.3. The summed E-state index contributed by atoms with van der Waals surface area (Å²) in [4.78, 5) is 11.1. The smallest absolute Gasteiger partial charge is 0.298 e. The molecular weight excluding hydrogens is 300 g/mol. The molecule has 0 saturated heterocycles. The van der Waals surface area contributed by atoms with Crippen LogP contribution in [0, 0.1) is 0 Å². The summed E-state index contributed by atoms with van der Waals surface area (Å²) < 4.78 is 46.5. The first-order valence-electron chi connectivity index (χ1n) is 6.31. The van der Waals surface area contributed by atoms with Crippen molar-refractivity contribution in [3.8, 4) is 5.75 Å². The van der Waals surface area contributed by atoms with Gasteiger partial charge < -0.3 is 14.2 Å². The van der Waals surface area contributed by atoms with Gasteiger partial charge in [0.2, 0.25) is 0 Å². The first-order valence-corrected chi connectivity index (χ1v) is 7.75. The van der Waals surface area contributed by atoms with Gasteiger partial charge in [0.15, 0.2) is 5.78 Å². The van der Waals surface area contributed by atoms with E-state index in [1.165, 1.54) is 24.3 Å². The van der Waals surface area contributed by atoms with E-state index in [1.807, 2.05) is 6.92 Å². The van der Waals surface area contributed by atoms with Crippen molar-refractivity contribution >= 4 is 15.9 Å². The minimum absolute atomic E-state index is 0.0809. The van der Waals surface area contributed by atoms with Crippen LogP contribution in [0.25, 0.3) is 0 Å². The molecule has 118 valence electrons. The van der Waals surface area contributed by atoms with Gasteiger partial charge in [0.25, 0.3) is 10.1 Å². The Labute approximate surface area is 123 Å². The number of para-hydroxylation sites is 1. The molecule has 0 amide bonds. The Kier molecular flexibility index (Phi) is 7.30. The van der Waals surface area contributed by atoms with Crippen LogP contribution < -0.4 is 4.74 Å². The maximum absolute atomic E-state index is 11.5. The predicted molar refractivity (Wildman–Crippen MR) is 74.1 cm³/mol. The van der Waals surface area contributed by atoms with Crippen LogP contribution in [0.2, 0.25) is 0 Å². The van der Waals surface area contributed by atoms with Crippen molar-refractivity contribution in [2.45, 2.75) is 11.8 Å². The number of ketones is 1. The number of benzene rings is 1. The number of Topliss-reactive ketones (excluding diaryl/α,β-unsaturated/α-hetero) is 1. The van der Waals surface area contributed by atoms with Gasteiger partial charge >= 0.3 is 0 Å². The summed E-state index contributed by atoms with van der Waals surface area (Å²) in [5.41, 5.74) is 0. The number of carbonyl (C=O) groups is 1. The Hall–Kier alpha value is -1.48. The molecule has 0 atom stereocenters. The monoisotopic (exact) mass is 318 g/mol. The maximum Gasteiger partial charge on any atom is 0.298 e. The predicted octanol–water partition coefficient (Wildman–Crippen LogP) is 0.934. The highest BCUT2D eigenvalue weighted by atomic mass is 32.2. The highest BCUT2D eigenvalue weighted by Gasteiger charge is 2.16. The van der Waals surface area contributed by atoms with Crippen molar-refractivity contribution in [1.82, 2.24) is 0 Å². The molecule has 0 aliphatic heterocycles. The highest BCUT2D eigenvalue weighted by molar-refractivity contribution is 7.86. The van der Waals surface area contributed by atoms with Crippen LogP contribution in [0.3, 0.4) is 0 Å². The largest absolute Gasteiger partial charge is 0.484 e. The third-order valence-electron chi connectivity index (χ3n) is 2.35. The summed E-state index contributed by atoms with van der Waals surface area (Å²) in [6.45, 7) is 2.62. The topological polar surface area (TPSA) is 99.1 Å². The third-order valence-corrected chi connectivity index (χ3v) is 3.25. The molecule has 1 rings (SSSR count). The minimum Gasteiger partial charge on any atom is -0.484 e. The molecule has 1 N–H and O–H groups in total. The molecule has 0 aromatic heterocycles. The molecule has 0 unspecified atom stereocenters. The lowest BCUT2D eigenvalue weighted by molar-refractivity contribution is -0.126. The Bertz CT molecular complexity index is 553. The molecule has 7 nitrogen and oxygen atoms in total. The fraction of sp³-hybridized carbons (Fsp3) is 0.462. The van der Waals surface area contributed by atoms with Crippen LogP contribution in [0.15, 0.2) is 29.2 Å². The van der Waals surface area contributed by atoms with Crippen LogP contribution in [-0.4, -0.2) is 51.8 Å². The number of hydrogen-bond donors (Lipinski definition) is 1. The van der Waals surface area contributed by atoms with Crippen LogP contribution >= 0.6 is 0 Å². The number of ether oxygens (including phenoxy) is 3. The minimum atomic E-state index is -4.39. The summed E-state index contributed by atoms with van der Waals surface area (Å²) in [6, 6.07) is 5.52. The van der Waals surface area contributed by atoms with Crippen LogP contribution in [0.4, 0.5) is 0 Å². The van der Waals surface area contributed by atoms with Crippen LogP contribution in [-0.2, 0) is 24.4 Å². The van der Waals surface area contributed by atoms with Gasteiger partial charge in [0.1, 0.15) is 23.9 Å². The van der Waals surface area contributed by atoms with Crippen molar-refractivity contribution in [3.05, 3.63) is 24.3 Å². The van der Waals surface area contributed by atoms with Gasteiger partial charge in [-0.1, -0.05) is 12.1 Å². The number of hydrogen-bond acceptors (Lipinski definition) is 6. The fourth-order valence-corrected chi connectivity index (χ4v) is 2.06. The van der Waals surface area contributed by atoms with E-state index in [2.05, 4.69) is 0 Å². The molecule has 1 aromatic carbocycles. The second kappa shape index (κ2) is 8.73. The van der Waals surface area contributed by atoms with Gasteiger partial charge in [-0.3, -0.25) is 9.35 Å². The van der Waals surface area contributed by atoms with Gasteiger partial charge in [0.05, 0.1) is 13.2 Å². The molecule has 1 aromatic rings. The molecule has 0 heterocycles. The van der Waals surface area contributed by atoms with Crippen molar-refractivity contribution in [1.29, 1.82) is 0 Å².